The summed E-state index contributed by atoms with van der Waals surface area (Å²) in [7, 11) is 0. The van der Waals surface area contributed by atoms with Crippen LogP contribution in [0.2, 0.25) is 0 Å². The van der Waals surface area contributed by atoms with Gasteiger partial charge in [-0.1, -0.05) is 0 Å². The minimum absolute atomic E-state index is 1.03. The van der Waals surface area contributed by atoms with E-state index in [-0.39, 0.29) is 0 Å². The topological polar surface area (TPSA) is 43.8 Å². The fourth-order valence-electron chi connectivity index (χ4n) is 1.50. The summed E-state index contributed by atoms with van der Waals surface area (Å²) in [6.45, 7) is 2.01. The summed E-state index contributed by atoms with van der Waals surface area (Å²) in [5.74, 6) is 5.78. The Hall–Kier alpha value is -1.03. The average Bonchev–Trinajstić information content (AvgIpc) is 2.00. The van der Waals surface area contributed by atoms with Crippen LogP contribution in [0.5, 0.6) is 0 Å². The summed E-state index contributed by atoms with van der Waals surface area (Å²) in [6, 6.07) is 0. The molecule has 13 heavy (non-hydrogen) atoms. The van der Waals surface area contributed by atoms with E-state index in [1.165, 1.54) is 16.8 Å². The van der Waals surface area contributed by atoms with Gasteiger partial charge in [-0.2, -0.15) is 21.2 Å². The number of fused-ring (bicyclic) bond motifs is 6. The lowest BCUT2D eigenvalue weighted by Crippen LogP contribution is -2.19. The molecule has 1 aromatic heterocycles. The summed E-state index contributed by atoms with van der Waals surface area (Å²) in [5.41, 5.74) is 3.47. The molecular weight excluding hydrogens is 182 g/mol. The molecule has 2 N–H and O–H groups in total. The minimum atomic E-state index is 1.03. The van der Waals surface area contributed by atoms with Crippen LogP contribution in [-0.2, 0) is 12.8 Å². The second kappa shape index (κ2) is 3.38. The molecule has 3 rings (SSSR count). The smallest absolute Gasteiger partial charge is 0.0700 e. The van der Waals surface area contributed by atoms with Gasteiger partial charge in [-0.15, -0.1) is 0 Å². The van der Waals surface area contributed by atoms with Gasteiger partial charge in [0.05, 0.1) is 11.4 Å². The van der Waals surface area contributed by atoms with Crippen LogP contribution in [0.4, 0.5) is 0 Å². The number of rotatable bonds is 0. The van der Waals surface area contributed by atoms with Crippen molar-refractivity contribution in [3.05, 3.63) is 27.7 Å². The van der Waals surface area contributed by atoms with Crippen LogP contribution >= 0.6 is 11.3 Å². The number of aryl methyl sites for hydroxylation is 3. The van der Waals surface area contributed by atoms with Crippen molar-refractivity contribution in [2.45, 2.75) is 26.2 Å². The molecule has 1 aromatic rings. The third-order valence-corrected chi connectivity index (χ3v) is 3.14. The quantitative estimate of drug-likeness (QED) is 0.639. The zero-order valence-electron chi connectivity index (χ0n) is 7.66. The predicted molar refractivity (Wildman–Crippen MR) is 54.6 cm³/mol. The number of nitrogens with zero attached hydrogens (tertiary/aromatic N) is 2. The van der Waals surface area contributed by atoms with E-state index >= 15 is 0 Å². The summed E-state index contributed by atoms with van der Waals surface area (Å²) < 4.78 is 0. The van der Waals surface area contributed by atoms with Crippen LogP contribution in [-0.4, -0.2) is 9.89 Å². The SMILES string of the molecule is Cc1nn(N)c2cscc1CCC2. The Labute approximate surface area is 81.5 Å². The van der Waals surface area contributed by atoms with E-state index in [9.17, 15) is 0 Å². The van der Waals surface area contributed by atoms with E-state index in [2.05, 4.69) is 15.9 Å². The summed E-state index contributed by atoms with van der Waals surface area (Å²) in [6.07, 6.45) is 3.31. The number of hydrogen-bond donors (Lipinski definition) is 1. The van der Waals surface area contributed by atoms with Crippen molar-refractivity contribution >= 4 is 11.3 Å². The van der Waals surface area contributed by atoms with Gasteiger partial charge in [0.15, 0.2) is 0 Å². The molecule has 0 aromatic carbocycles. The maximum Gasteiger partial charge on any atom is 0.0700 e. The van der Waals surface area contributed by atoms with Crippen molar-refractivity contribution in [2.24, 2.45) is 0 Å². The first-order chi connectivity index (χ1) is 6.27. The van der Waals surface area contributed by atoms with Crippen molar-refractivity contribution in [2.75, 3.05) is 5.84 Å². The second-order valence-corrected chi connectivity index (χ2v) is 4.02. The molecule has 0 spiro atoms. The van der Waals surface area contributed by atoms with Crippen LogP contribution in [0.25, 0.3) is 0 Å². The normalized spacial score (nSPS) is 13.9. The van der Waals surface area contributed by atoms with Crippen molar-refractivity contribution < 1.29 is 0 Å². The monoisotopic (exact) mass is 195 g/mol. The third kappa shape index (κ3) is 1.67. The lowest BCUT2D eigenvalue weighted by molar-refractivity contribution is 0.664. The molecule has 0 aliphatic carbocycles. The molecule has 0 unspecified atom stereocenters. The highest BCUT2D eigenvalue weighted by atomic mass is 32.1. The van der Waals surface area contributed by atoms with E-state index < -0.39 is 0 Å². The highest BCUT2D eigenvalue weighted by Gasteiger charge is 2.05. The number of aromatic nitrogens is 2. The largest absolute Gasteiger partial charge is 0.323 e. The number of hydrogen-bond acceptors (Lipinski definition) is 3. The fourth-order valence-corrected chi connectivity index (χ4v) is 2.40. The Morgan fingerprint density at radius 1 is 1.46 bits per heavy atom. The third-order valence-electron chi connectivity index (χ3n) is 2.31. The van der Waals surface area contributed by atoms with Gasteiger partial charge in [-0.3, -0.25) is 0 Å². The van der Waals surface area contributed by atoms with Gasteiger partial charge in [0, 0.05) is 5.38 Å². The molecule has 3 nitrogen and oxygen atoms in total. The van der Waals surface area contributed by atoms with E-state index in [0.717, 1.165) is 24.2 Å². The van der Waals surface area contributed by atoms with Crippen LogP contribution in [0.3, 0.4) is 0 Å². The van der Waals surface area contributed by atoms with Gasteiger partial charge in [0.1, 0.15) is 0 Å². The van der Waals surface area contributed by atoms with Crippen LogP contribution in [0.1, 0.15) is 23.4 Å². The molecule has 2 aliphatic rings. The van der Waals surface area contributed by atoms with Crippen LogP contribution in [0.15, 0.2) is 10.8 Å². The van der Waals surface area contributed by atoms with Gasteiger partial charge in [-0.25, -0.2) is 0 Å². The Morgan fingerprint density at radius 2 is 2.31 bits per heavy atom. The van der Waals surface area contributed by atoms with Gasteiger partial charge >= 0.3 is 0 Å². The Balaban J connectivity index is 2.72. The molecule has 3 heterocycles. The van der Waals surface area contributed by atoms with Crippen molar-refractivity contribution in [3.63, 3.8) is 0 Å². The molecule has 4 heteroatoms. The molecule has 70 valence electrons. The van der Waals surface area contributed by atoms with Crippen molar-refractivity contribution in [3.8, 4) is 0 Å². The van der Waals surface area contributed by atoms with Gasteiger partial charge in [0.25, 0.3) is 0 Å². The minimum Gasteiger partial charge on any atom is -0.323 e. The summed E-state index contributed by atoms with van der Waals surface area (Å²) in [5, 5.41) is 8.55. The molecule has 0 saturated heterocycles. The number of nitrogens with two attached hydrogens (primary N) is 1. The average molecular weight is 195 g/mol. The predicted octanol–water partition coefficient (Wildman–Crippen LogP) is 1.58. The highest BCUT2D eigenvalue weighted by Crippen LogP contribution is 2.15. The zero-order valence-corrected chi connectivity index (χ0v) is 8.47. The van der Waals surface area contributed by atoms with Gasteiger partial charge in [0.2, 0.25) is 0 Å². The molecule has 0 radical (unpaired) electrons. The molecular formula is C9H13N3S. The highest BCUT2D eigenvalue weighted by molar-refractivity contribution is 7.07. The van der Waals surface area contributed by atoms with E-state index in [0.29, 0.717) is 0 Å². The molecule has 0 fully saturated rings. The van der Waals surface area contributed by atoms with E-state index in [1.807, 2.05) is 6.92 Å². The molecule has 2 bridgehead atoms. The maximum atomic E-state index is 5.78. The molecule has 0 saturated carbocycles. The molecule has 0 amide bonds. The van der Waals surface area contributed by atoms with E-state index in [1.54, 1.807) is 11.3 Å². The second-order valence-electron chi connectivity index (χ2n) is 3.27. The van der Waals surface area contributed by atoms with Gasteiger partial charge < -0.3 is 5.84 Å². The fraction of sp³-hybridized carbons (Fsp3) is 0.444. The van der Waals surface area contributed by atoms with Crippen molar-refractivity contribution in [1.82, 2.24) is 9.89 Å². The van der Waals surface area contributed by atoms with Crippen LogP contribution in [0, 0.1) is 6.92 Å². The summed E-state index contributed by atoms with van der Waals surface area (Å²) >= 11 is 1.70. The maximum absolute atomic E-state index is 5.78. The van der Waals surface area contributed by atoms with Crippen LogP contribution < -0.4 is 5.84 Å². The Kier molecular flexibility index (Phi) is 2.22. The Morgan fingerprint density at radius 3 is 3.15 bits per heavy atom. The lowest BCUT2D eigenvalue weighted by Gasteiger charge is -2.11. The van der Waals surface area contributed by atoms with Crippen molar-refractivity contribution in [1.29, 1.82) is 0 Å². The van der Waals surface area contributed by atoms with E-state index in [4.69, 9.17) is 5.84 Å². The van der Waals surface area contributed by atoms with Gasteiger partial charge in [-0.05, 0) is 37.1 Å². The molecule has 2 aliphatic heterocycles. The lowest BCUT2D eigenvalue weighted by atomic mass is 10.1. The Bertz CT molecular complexity index is 333. The summed E-state index contributed by atoms with van der Waals surface area (Å²) in [4.78, 5) is 1.51. The zero-order chi connectivity index (χ0) is 9.26. The first-order valence-corrected chi connectivity index (χ1v) is 5.35. The standard InChI is InChI=1S/C9H13N3S/c1-7-8-3-2-4-9(6-13-5-8)12(10)11-7/h5-6H,2-4,10H2,1H3. The first-order valence-electron chi connectivity index (χ1n) is 4.41. The first kappa shape index (κ1) is 8.56. The number of nitrogen functional groups attached to an aromatic ring is 1. The molecule has 0 atom stereocenters.